The summed E-state index contributed by atoms with van der Waals surface area (Å²) in [5.41, 5.74) is -0.673. The molecule has 12 heavy (non-hydrogen) atoms. The van der Waals surface area contributed by atoms with Crippen LogP contribution in [0.15, 0.2) is 17.1 Å². The Kier molecular flexibility index (Phi) is 2.27. The van der Waals surface area contributed by atoms with Gasteiger partial charge in [-0.15, -0.1) is 0 Å². The van der Waals surface area contributed by atoms with Crippen molar-refractivity contribution in [2.24, 2.45) is 0 Å². The van der Waals surface area contributed by atoms with E-state index >= 15 is 0 Å². The summed E-state index contributed by atoms with van der Waals surface area (Å²) in [7, 11) is -4.36. The molecule has 0 fully saturated rings. The minimum Gasteiger partial charge on any atom is -0.308 e. The Labute approximate surface area is 66.7 Å². The van der Waals surface area contributed by atoms with Gasteiger partial charge in [-0.2, -0.15) is 0 Å². The lowest BCUT2D eigenvalue weighted by Gasteiger charge is -2.05. The third kappa shape index (κ3) is 2.83. The van der Waals surface area contributed by atoms with Gasteiger partial charge in [0.15, 0.2) is 0 Å². The number of H-pyrrole nitrogens is 1. The van der Waals surface area contributed by atoms with Gasteiger partial charge in [-0.05, 0) is 6.07 Å². The first-order valence-electron chi connectivity index (χ1n) is 2.86. The zero-order chi connectivity index (χ0) is 9.19. The molecule has 8 heteroatoms. The number of aromatic amines is 1. The van der Waals surface area contributed by atoms with Crippen LogP contribution in [0.1, 0.15) is 0 Å². The zero-order valence-corrected chi connectivity index (χ0v) is 6.65. The third-order valence-corrected chi connectivity index (χ3v) is 1.47. The maximum Gasteiger partial charge on any atom is 0.428 e. The van der Waals surface area contributed by atoms with Crippen molar-refractivity contribution in [3.05, 3.63) is 22.7 Å². The van der Waals surface area contributed by atoms with Crippen molar-refractivity contribution < 1.29 is 14.4 Å². The third-order valence-electron chi connectivity index (χ3n) is 0.941. The average molecular weight is 191 g/mol. The van der Waals surface area contributed by atoms with Crippen molar-refractivity contribution >= 4 is 13.6 Å². The van der Waals surface area contributed by atoms with Gasteiger partial charge in [-0.25, -0.2) is 14.3 Å². The number of aromatic nitrogens is 2. The van der Waals surface area contributed by atoms with Crippen molar-refractivity contribution in [2.45, 2.75) is 0 Å². The van der Waals surface area contributed by atoms with Gasteiger partial charge in [-0.1, -0.05) is 0 Å². The molecular formula is C4H6N3O4P. The number of anilines is 1. The van der Waals surface area contributed by atoms with Crippen LogP contribution in [0.2, 0.25) is 0 Å². The van der Waals surface area contributed by atoms with E-state index in [0.717, 1.165) is 6.20 Å². The number of nitrogens with one attached hydrogen (secondary N) is 2. The van der Waals surface area contributed by atoms with E-state index < -0.39 is 13.4 Å². The predicted octanol–water partition coefficient (Wildman–Crippen LogP) is -0.726. The molecular weight excluding hydrogens is 185 g/mol. The van der Waals surface area contributed by atoms with Crippen molar-refractivity contribution in [1.29, 1.82) is 0 Å². The molecule has 0 amide bonds. The Bertz CT molecular complexity index is 369. The van der Waals surface area contributed by atoms with Crippen LogP contribution in [0, 0.1) is 0 Å². The molecule has 7 nitrogen and oxygen atoms in total. The maximum absolute atomic E-state index is 10.5. The van der Waals surface area contributed by atoms with Crippen LogP contribution in [0.25, 0.3) is 0 Å². The molecule has 4 N–H and O–H groups in total. The van der Waals surface area contributed by atoms with E-state index in [-0.39, 0.29) is 5.82 Å². The molecule has 0 unspecified atom stereocenters. The first-order chi connectivity index (χ1) is 5.47. The monoisotopic (exact) mass is 191 g/mol. The van der Waals surface area contributed by atoms with E-state index in [1.807, 2.05) is 0 Å². The highest BCUT2D eigenvalue weighted by molar-refractivity contribution is 7.53. The second kappa shape index (κ2) is 3.06. The highest BCUT2D eigenvalue weighted by Crippen LogP contribution is 2.33. The minimum absolute atomic E-state index is 0.0664. The van der Waals surface area contributed by atoms with Gasteiger partial charge in [0.2, 0.25) is 0 Å². The van der Waals surface area contributed by atoms with E-state index in [9.17, 15) is 9.36 Å². The van der Waals surface area contributed by atoms with Gasteiger partial charge in [0.1, 0.15) is 5.82 Å². The van der Waals surface area contributed by atoms with Crippen molar-refractivity contribution in [3.63, 3.8) is 0 Å². The number of hydrogen-bond acceptors (Lipinski definition) is 3. The SMILES string of the molecule is O=c1nccc(NP(=O)(O)O)[nH]1. The topological polar surface area (TPSA) is 115 Å². The molecule has 1 rings (SSSR count). The quantitative estimate of drug-likeness (QED) is 0.458. The molecule has 0 saturated carbocycles. The van der Waals surface area contributed by atoms with Gasteiger partial charge < -0.3 is 9.79 Å². The zero-order valence-electron chi connectivity index (χ0n) is 5.76. The molecule has 66 valence electrons. The van der Waals surface area contributed by atoms with Gasteiger partial charge in [-0.3, -0.25) is 10.1 Å². The molecule has 1 aromatic rings. The Hall–Kier alpha value is -1.17. The second-order valence-electron chi connectivity index (χ2n) is 1.94. The van der Waals surface area contributed by atoms with Gasteiger partial charge in [0.25, 0.3) is 0 Å². The molecule has 0 aromatic carbocycles. The van der Waals surface area contributed by atoms with Gasteiger partial charge in [0, 0.05) is 6.20 Å². The summed E-state index contributed by atoms with van der Waals surface area (Å²) >= 11 is 0. The average Bonchev–Trinajstić information content (AvgIpc) is 1.82. The normalized spacial score (nSPS) is 11.2. The van der Waals surface area contributed by atoms with Crippen LogP contribution in [-0.4, -0.2) is 19.8 Å². The first kappa shape index (κ1) is 8.92. The van der Waals surface area contributed by atoms with Crippen LogP contribution in [0.5, 0.6) is 0 Å². The van der Waals surface area contributed by atoms with E-state index in [0.29, 0.717) is 0 Å². The van der Waals surface area contributed by atoms with Crippen LogP contribution in [0.4, 0.5) is 5.82 Å². The fourth-order valence-corrected chi connectivity index (χ4v) is 1.04. The summed E-state index contributed by atoms with van der Waals surface area (Å²) in [6.07, 6.45) is 1.14. The lowest BCUT2D eigenvalue weighted by atomic mass is 10.6. The Morgan fingerprint density at radius 2 is 2.25 bits per heavy atom. The summed E-state index contributed by atoms with van der Waals surface area (Å²) in [6, 6.07) is 1.24. The molecule has 0 bridgehead atoms. The lowest BCUT2D eigenvalue weighted by Crippen LogP contribution is -2.11. The highest BCUT2D eigenvalue weighted by atomic mass is 31.2. The summed E-state index contributed by atoms with van der Waals surface area (Å²) < 4.78 is 10.4. The van der Waals surface area contributed by atoms with Crippen molar-refractivity contribution in [1.82, 2.24) is 9.97 Å². The predicted molar refractivity (Wildman–Crippen MR) is 40.5 cm³/mol. The minimum atomic E-state index is -4.36. The van der Waals surface area contributed by atoms with Crippen molar-refractivity contribution in [2.75, 3.05) is 5.09 Å². The molecule has 1 aromatic heterocycles. The maximum atomic E-state index is 10.5. The van der Waals surface area contributed by atoms with E-state index in [1.54, 1.807) is 5.09 Å². The fraction of sp³-hybridized carbons (Fsp3) is 0. The van der Waals surface area contributed by atoms with Gasteiger partial charge >= 0.3 is 13.4 Å². The molecule has 0 spiro atoms. The summed E-state index contributed by atoms with van der Waals surface area (Å²) in [5.74, 6) is -0.0664. The Morgan fingerprint density at radius 3 is 2.75 bits per heavy atom. The summed E-state index contributed by atoms with van der Waals surface area (Å²) in [5, 5.41) is 1.79. The highest BCUT2D eigenvalue weighted by Gasteiger charge is 2.11. The first-order valence-corrected chi connectivity index (χ1v) is 4.48. The number of nitrogens with zero attached hydrogens (tertiary/aromatic N) is 1. The summed E-state index contributed by atoms with van der Waals surface area (Å²) in [6.45, 7) is 0. The number of hydrogen-bond donors (Lipinski definition) is 4. The smallest absolute Gasteiger partial charge is 0.308 e. The van der Waals surface area contributed by atoms with Gasteiger partial charge in [0.05, 0.1) is 0 Å². The van der Waals surface area contributed by atoms with E-state index in [1.165, 1.54) is 6.07 Å². The van der Waals surface area contributed by atoms with Crippen LogP contribution < -0.4 is 10.8 Å². The van der Waals surface area contributed by atoms with Crippen molar-refractivity contribution in [3.8, 4) is 0 Å². The molecule has 0 aliphatic heterocycles. The van der Waals surface area contributed by atoms with Crippen LogP contribution >= 0.6 is 7.75 Å². The fourth-order valence-electron chi connectivity index (χ4n) is 0.591. The Balaban J connectivity index is 2.91. The second-order valence-corrected chi connectivity index (χ2v) is 3.26. The van der Waals surface area contributed by atoms with E-state index in [2.05, 4.69) is 9.97 Å². The van der Waals surface area contributed by atoms with E-state index in [4.69, 9.17) is 9.79 Å². The summed E-state index contributed by atoms with van der Waals surface area (Å²) in [4.78, 5) is 32.7. The molecule has 0 aliphatic rings. The molecule has 0 aliphatic carbocycles. The number of rotatable bonds is 2. The standard InChI is InChI=1S/C4H6N3O4P/c8-4-5-2-1-3(6-4)7-12(9,10)11/h1-2H,(H4,5,6,7,8,9,10,11). The van der Waals surface area contributed by atoms with Crippen LogP contribution in [0.3, 0.4) is 0 Å². The molecule has 0 saturated heterocycles. The largest absolute Gasteiger partial charge is 0.428 e. The molecule has 0 atom stereocenters. The molecule has 0 radical (unpaired) electrons. The Morgan fingerprint density at radius 1 is 1.58 bits per heavy atom. The molecule has 1 heterocycles. The lowest BCUT2D eigenvalue weighted by molar-refractivity contribution is 0.380. The van der Waals surface area contributed by atoms with Crippen LogP contribution in [-0.2, 0) is 4.57 Å².